The van der Waals surface area contributed by atoms with Crippen molar-refractivity contribution in [2.75, 3.05) is 31.1 Å². The van der Waals surface area contributed by atoms with Gasteiger partial charge in [-0.3, -0.25) is 0 Å². The molecule has 0 aliphatic carbocycles. The lowest BCUT2D eigenvalue weighted by molar-refractivity contribution is -0.0428. The lowest BCUT2D eigenvalue weighted by Gasteiger charge is -2.39. The third kappa shape index (κ3) is 4.35. The molecule has 0 N–H and O–H groups in total. The minimum absolute atomic E-state index is 0.215. The van der Waals surface area contributed by atoms with Crippen LogP contribution in [0.4, 0.5) is 20.2 Å². The number of fused-ring (bicyclic) bond motifs is 2. The molecular weight excluding hydrogens is 422 g/mol. The molecule has 1 spiro atoms. The first-order chi connectivity index (χ1) is 16.0. The van der Waals surface area contributed by atoms with E-state index in [1.807, 2.05) is 24.3 Å². The van der Waals surface area contributed by atoms with E-state index in [-0.39, 0.29) is 17.6 Å². The Morgan fingerprint density at radius 1 is 0.848 bits per heavy atom. The topological polar surface area (TPSA) is 32.8 Å². The van der Waals surface area contributed by atoms with Crippen molar-refractivity contribution < 1.29 is 18.3 Å². The zero-order valence-electron chi connectivity index (χ0n) is 18.3. The number of esters is 1. The summed E-state index contributed by atoms with van der Waals surface area (Å²) in [5.74, 6) is -0.781. The van der Waals surface area contributed by atoms with Crippen molar-refractivity contribution in [1.29, 1.82) is 0 Å². The second-order valence-corrected chi connectivity index (χ2v) is 8.73. The Morgan fingerprint density at radius 3 is 2.03 bits per heavy atom. The number of rotatable bonds is 6. The van der Waals surface area contributed by atoms with E-state index in [4.69, 9.17) is 4.74 Å². The van der Waals surface area contributed by atoms with Crippen LogP contribution in [0.2, 0.25) is 0 Å². The maximum Gasteiger partial charge on any atom is 0.339 e. The minimum atomic E-state index is -0.488. The van der Waals surface area contributed by atoms with Crippen molar-refractivity contribution in [2.45, 2.75) is 24.9 Å². The Kier molecular flexibility index (Phi) is 5.85. The van der Waals surface area contributed by atoms with Crippen LogP contribution in [0, 0.1) is 11.6 Å². The number of anilines is 2. The highest BCUT2D eigenvalue weighted by Crippen LogP contribution is 2.43. The fourth-order valence-electron chi connectivity index (χ4n) is 4.96. The van der Waals surface area contributed by atoms with Gasteiger partial charge in [-0.25, -0.2) is 13.6 Å². The summed E-state index contributed by atoms with van der Waals surface area (Å²) in [4.78, 5) is 16.8. The molecule has 170 valence electrons. The van der Waals surface area contributed by atoms with Gasteiger partial charge in [0.1, 0.15) is 17.2 Å². The molecular formula is C27H26F2N2O2. The first-order valence-corrected chi connectivity index (χ1v) is 11.4. The van der Waals surface area contributed by atoms with Crippen LogP contribution < -0.4 is 4.90 Å². The molecule has 0 aromatic heterocycles. The number of likely N-dealkylation sites (tertiary alicyclic amines) is 1. The van der Waals surface area contributed by atoms with E-state index < -0.39 is 5.60 Å². The van der Waals surface area contributed by atoms with Crippen LogP contribution in [0.15, 0.2) is 72.8 Å². The maximum absolute atomic E-state index is 13.4. The van der Waals surface area contributed by atoms with E-state index in [0.29, 0.717) is 5.56 Å². The highest BCUT2D eigenvalue weighted by molar-refractivity contribution is 5.94. The van der Waals surface area contributed by atoms with Crippen LogP contribution in [0.25, 0.3) is 0 Å². The fourth-order valence-corrected chi connectivity index (χ4v) is 4.96. The molecule has 0 atom stereocenters. The van der Waals surface area contributed by atoms with E-state index in [2.05, 4.69) is 9.80 Å². The molecule has 6 heteroatoms. The number of benzene rings is 3. The first kappa shape index (κ1) is 21.6. The van der Waals surface area contributed by atoms with Crippen molar-refractivity contribution in [3.8, 4) is 0 Å². The van der Waals surface area contributed by atoms with Crippen LogP contribution in [0.5, 0.6) is 0 Å². The molecule has 0 amide bonds. The van der Waals surface area contributed by atoms with Crippen LogP contribution in [0.1, 0.15) is 35.2 Å². The number of nitrogens with zero attached hydrogens (tertiary/aromatic N) is 2. The molecule has 0 bridgehead atoms. The molecule has 33 heavy (non-hydrogen) atoms. The third-order valence-corrected chi connectivity index (χ3v) is 6.72. The van der Waals surface area contributed by atoms with Crippen molar-refractivity contribution in [2.24, 2.45) is 0 Å². The Hall–Kier alpha value is -3.25. The summed E-state index contributed by atoms with van der Waals surface area (Å²) in [5.41, 5.74) is 2.97. The Labute approximate surface area is 192 Å². The number of hydrogen-bond donors (Lipinski definition) is 0. The Bertz CT molecular complexity index is 1080. The average molecular weight is 449 g/mol. The summed E-state index contributed by atoms with van der Waals surface area (Å²) in [7, 11) is 0. The number of piperidine rings is 1. The van der Waals surface area contributed by atoms with Crippen LogP contribution >= 0.6 is 0 Å². The van der Waals surface area contributed by atoms with Gasteiger partial charge in [0.25, 0.3) is 0 Å². The molecule has 5 rings (SSSR count). The number of carbonyl (C=O) groups is 1. The van der Waals surface area contributed by atoms with Gasteiger partial charge in [-0.05, 0) is 67.6 Å². The van der Waals surface area contributed by atoms with Crippen molar-refractivity contribution in [3.63, 3.8) is 0 Å². The summed E-state index contributed by atoms with van der Waals surface area (Å²) in [6, 6.07) is 20.4. The van der Waals surface area contributed by atoms with Gasteiger partial charge >= 0.3 is 5.97 Å². The number of hydrogen-bond acceptors (Lipinski definition) is 4. The van der Waals surface area contributed by atoms with Crippen molar-refractivity contribution in [1.82, 2.24) is 4.90 Å². The molecule has 1 saturated heterocycles. The zero-order chi connectivity index (χ0) is 22.8. The lowest BCUT2D eigenvalue weighted by atomic mass is 9.84. The third-order valence-electron chi connectivity index (χ3n) is 6.72. The van der Waals surface area contributed by atoms with Crippen LogP contribution in [0.3, 0.4) is 0 Å². The molecule has 3 aromatic rings. The van der Waals surface area contributed by atoms with Gasteiger partial charge in [0.05, 0.1) is 5.56 Å². The predicted octanol–water partition coefficient (Wildman–Crippen LogP) is 5.65. The molecule has 1 fully saturated rings. The molecule has 0 saturated carbocycles. The highest BCUT2D eigenvalue weighted by atomic mass is 19.1. The Morgan fingerprint density at radius 2 is 1.42 bits per heavy atom. The number of ether oxygens (including phenoxy) is 1. The first-order valence-electron chi connectivity index (χ1n) is 11.4. The molecule has 0 radical (unpaired) electrons. The molecule has 2 heterocycles. The lowest BCUT2D eigenvalue weighted by Crippen LogP contribution is -2.43. The fraction of sp³-hybridized carbons (Fsp3) is 0.296. The molecule has 2 aliphatic heterocycles. The second kappa shape index (κ2) is 8.94. The number of halogens is 2. The average Bonchev–Trinajstić information content (AvgIpc) is 3.11. The van der Waals surface area contributed by atoms with Gasteiger partial charge in [0.2, 0.25) is 0 Å². The van der Waals surface area contributed by atoms with Gasteiger partial charge in [0.15, 0.2) is 0 Å². The summed E-state index contributed by atoms with van der Waals surface area (Å²) in [6.45, 7) is 3.32. The van der Waals surface area contributed by atoms with Gasteiger partial charge < -0.3 is 14.5 Å². The van der Waals surface area contributed by atoms with Gasteiger partial charge in [-0.15, -0.1) is 0 Å². The van der Waals surface area contributed by atoms with Crippen LogP contribution in [-0.4, -0.2) is 37.0 Å². The van der Waals surface area contributed by atoms with E-state index >= 15 is 0 Å². The van der Waals surface area contributed by atoms with Gasteiger partial charge in [-0.1, -0.05) is 18.2 Å². The van der Waals surface area contributed by atoms with E-state index in [9.17, 15) is 13.6 Å². The normalized spacial score (nSPS) is 17.1. The molecule has 0 unspecified atom stereocenters. The highest BCUT2D eigenvalue weighted by Gasteiger charge is 2.46. The Balaban J connectivity index is 1.22. The largest absolute Gasteiger partial charge is 0.450 e. The minimum Gasteiger partial charge on any atom is -0.450 e. The monoisotopic (exact) mass is 448 g/mol. The van der Waals surface area contributed by atoms with E-state index in [1.165, 1.54) is 24.3 Å². The van der Waals surface area contributed by atoms with E-state index in [0.717, 1.165) is 62.4 Å². The molecule has 3 aromatic carbocycles. The second-order valence-electron chi connectivity index (χ2n) is 8.73. The summed E-state index contributed by atoms with van der Waals surface area (Å²) in [6.07, 6.45) is 2.46. The molecule has 2 aliphatic rings. The zero-order valence-corrected chi connectivity index (χ0v) is 18.3. The van der Waals surface area contributed by atoms with Crippen LogP contribution in [-0.2, 0) is 10.3 Å². The van der Waals surface area contributed by atoms with Crippen molar-refractivity contribution in [3.05, 3.63) is 95.6 Å². The maximum atomic E-state index is 13.4. The quantitative estimate of drug-likeness (QED) is 0.456. The molecule has 4 nitrogen and oxygen atoms in total. The smallest absolute Gasteiger partial charge is 0.339 e. The predicted molar refractivity (Wildman–Crippen MR) is 124 cm³/mol. The number of carbonyl (C=O) groups excluding carboxylic acids is 1. The summed E-state index contributed by atoms with van der Waals surface area (Å²) >= 11 is 0. The van der Waals surface area contributed by atoms with Gasteiger partial charge in [0, 0.05) is 49.4 Å². The summed E-state index contributed by atoms with van der Waals surface area (Å²) in [5, 5.41) is 0. The SMILES string of the molecule is O=C1OC2(CCN(CCCN(c3ccc(F)cc3)c3ccc(F)cc3)CC2)c2ccccc21. The van der Waals surface area contributed by atoms with Crippen molar-refractivity contribution >= 4 is 17.3 Å². The standard InChI is InChI=1S/C27H26F2N2O2/c28-20-6-10-22(11-7-20)31(23-12-8-21(29)9-13-23)17-3-16-30-18-14-27(15-19-30)25-5-2-1-4-24(25)26(32)33-27/h1-2,4-13H,3,14-19H2. The van der Waals surface area contributed by atoms with Gasteiger partial charge in [-0.2, -0.15) is 0 Å². The van der Waals surface area contributed by atoms with E-state index in [1.54, 1.807) is 24.3 Å². The summed E-state index contributed by atoms with van der Waals surface area (Å²) < 4.78 is 32.7.